The molecule has 0 spiro atoms. The minimum atomic E-state index is -3.75. The Morgan fingerprint density at radius 2 is 0.647 bits per heavy atom. The van der Waals surface area contributed by atoms with E-state index in [1.54, 1.807) is 30.3 Å². The van der Waals surface area contributed by atoms with Gasteiger partial charge in [0.2, 0.25) is 0 Å². The molecule has 0 heterocycles. The van der Waals surface area contributed by atoms with E-state index >= 15 is 0 Å². The SMILES string of the molecule is Cc1ccc(C2(c3ccc(OCCOC(=O)C(C(=O)O)(C(=O)O)C(=O)OCCOc4ccc(C5(c6ccc(OCCOC(=O)c7ccccc7C(=O)O)cc6)c6ccccc6-c6ccccc65)cc4)cc3)c3ccccc3-c3ccccc32)cc1. The second-order valence-corrected chi connectivity index (χ2v) is 20.3. The van der Waals surface area contributed by atoms with E-state index < -0.39 is 65.3 Å². The fourth-order valence-corrected chi connectivity index (χ4v) is 11.8. The van der Waals surface area contributed by atoms with Crippen molar-refractivity contribution in [3.63, 3.8) is 0 Å². The van der Waals surface area contributed by atoms with Crippen LogP contribution in [0.2, 0.25) is 0 Å². The Labute approximate surface area is 488 Å². The summed E-state index contributed by atoms with van der Waals surface area (Å²) < 4.78 is 33.3. The molecule has 0 aromatic heterocycles. The van der Waals surface area contributed by atoms with Gasteiger partial charge in [0.05, 0.1) is 22.0 Å². The molecule has 85 heavy (non-hydrogen) atoms. The molecule has 0 saturated heterocycles. The molecule has 0 unspecified atom stereocenters. The summed E-state index contributed by atoms with van der Waals surface area (Å²) in [7, 11) is 0. The van der Waals surface area contributed by atoms with Crippen LogP contribution >= 0.6 is 0 Å². The van der Waals surface area contributed by atoms with Crippen molar-refractivity contribution in [1.82, 2.24) is 0 Å². The van der Waals surface area contributed by atoms with E-state index in [1.165, 1.54) is 18.2 Å². The Kier molecular flexibility index (Phi) is 15.6. The second-order valence-electron chi connectivity index (χ2n) is 20.3. The summed E-state index contributed by atoms with van der Waals surface area (Å²) in [5.74, 6) is -9.12. The molecule has 2 aliphatic carbocycles. The molecule has 0 saturated carbocycles. The molecule has 11 rings (SSSR count). The smallest absolute Gasteiger partial charge is 0.355 e. The van der Waals surface area contributed by atoms with Gasteiger partial charge in [-0.15, -0.1) is 0 Å². The van der Waals surface area contributed by atoms with Gasteiger partial charge < -0.3 is 43.7 Å². The number of esters is 3. The molecule has 9 aromatic rings. The molecule has 0 aliphatic heterocycles. The number of carboxylic acid groups (broad SMARTS) is 3. The minimum absolute atomic E-state index is 0.00205. The molecule has 0 fully saturated rings. The Morgan fingerprint density at radius 3 is 0.976 bits per heavy atom. The molecule has 15 heteroatoms. The van der Waals surface area contributed by atoms with Crippen LogP contribution in [0.15, 0.2) is 218 Å². The highest BCUT2D eigenvalue weighted by Gasteiger charge is 2.64. The third-order valence-corrected chi connectivity index (χ3v) is 15.6. The maximum atomic E-state index is 13.4. The van der Waals surface area contributed by atoms with Crippen molar-refractivity contribution in [3.05, 3.63) is 280 Å². The number of aryl methyl sites for hydroxylation is 1. The molecule has 3 N–H and O–H groups in total. The molecule has 2 aliphatic rings. The van der Waals surface area contributed by atoms with Crippen LogP contribution in [-0.2, 0) is 44.2 Å². The first-order chi connectivity index (χ1) is 41.3. The summed E-state index contributed by atoms with van der Waals surface area (Å²) in [4.78, 5) is 76.3. The monoisotopic (exact) mass is 1130 g/mol. The quantitative estimate of drug-likeness (QED) is 0.0249. The maximum absolute atomic E-state index is 13.4. The van der Waals surface area contributed by atoms with Crippen LogP contribution in [0, 0.1) is 12.3 Å². The van der Waals surface area contributed by atoms with Gasteiger partial charge in [-0.25, -0.2) is 28.8 Å². The highest BCUT2D eigenvalue weighted by molar-refractivity contribution is 6.32. The molecule has 0 radical (unpaired) electrons. The average Bonchev–Trinajstić information content (AvgIpc) is 1.93. The zero-order valence-electron chi connectivity index (χ0n) is 45.8. The summed E-state index contributed by atoms with van der Waals surface area (Å²) in [5.41, 5.74) is 8.11. The minimum Gasteiger partial charge on any atom is -0.490 e. The number of rotatable bonds is 22. The van der Waals surface area contributed by atoms with E-state index in [0.717, 1.165) is 72.3 Å². The number of carboxylic acids is 3. The van der Waals surface area contributed by atoms with Gasteiger partial charge in [-0.1, -0.05) is 175 Å². The standard InChI is InChI=1S/C70H54O15/c1-44-22-24-45(25-23-44)68(58-18-8-4-12-52(58)53-13-5-9-19-59(53)68)46-26-34-50(35-27-46)81-39-42-84-66(78)70(64(74)75,65(76)77)67(79)85-43-40-82-51-36-30-48(31-37-51)69(60-20-10-6-14-54(60)55-15-7-11-21-61(55)69)47-28-32-49(33-29-47)80-38-41-83-63(73)57-17-3-2-16-56(57)62(71)72/h2-37H,38-43H2,1H3,(H,71,72)(H,74,75)(H,76,77). The normalized spacial score (nSPS) is 13.0. The van der Waals surface area contributed by atoms with Crippen LogP contribution in [-0.4, -0.2) is 90.8 Å². The van der Waals surface area contributed by atoms with Gasteiger partial charge in [0.15, 0.2) is 0 Å². The number of benzene rings is 9. The predicted octanol–water partition coefficient (Wildman–Crippen LogP) is 11.4. The van der Waals surface area contributed by atoms with Gasteiger partial charge in [-0.05, 0) is 122 Å². The van der Waals surface area contributed by atoms with Gasteiger partial charge in [0.1, 0.15) is 56.9 Å². The molecule has 0 bridgehead atoms. The van der Waals surface area contributed by atoms with Crippen molar-refractivity contribution in [2.24, 2.45) is 5.41 Å². The van der Waals surface area contributed by atoms with Gasteiger partial charge in [0, 0.05) is 0 Å². The Bertz CT molecular complexity index is 3910. The fourth-order valence-electron chi connectivity index (χ4n) is 11.8. The van der Waals surface area contributed by atoms with E-state index in [1.807, 2.05) is 104 Å². The van der Waals surface area contributed by atoms with Crippen molar-refractivity contribution in [2.75, 3.05) is 39.6 Å². The van der Waals surface area contributed by atoms with Crippen molar-refractivity contribution >= 4 is 35.8 Å². The van der Waals surface area contributed by atoms with E-state index in [0.29, 0.717) is 17.2 Å². The number of carbonyl (C=O) groups excluding carboxylic acids is 3. The Balaban J connectivity index is 0.726. The summed E-state index contributed by atoms with van der Waals surface area (Å²) in [5, 5.41) is 29.8. The summed E-state index contributed by atoms with van der Waals surface area (Å²) >= 11 is 0. The third-order valence-electron chi connectivity index (χ3n) is 15.6. The van der Waals surface area contributed by atoms with Crippen LogP contribution in [0.4, 0.5) is 0 Å². The van der Waals surface area contributed by atoms with Crippen molar-refractivity contribution in [3.8, 4) is 39.5 Å². The van der Waals surface area contributed by atoms with Crippen molar-refractivity contribution in [2.45, 2.75) is 17.8 Å². The van der Waals surface area contributed by atoms with Crippen LogP contribution < -0.4 is 14.2 Å². The summed E-state index contributed by atoms with van der Waals surface area (Å²) in [6.45, 7) is 0.0343. The molecular formula is C70H54O15. The lowest BCUT2D eigenvalue weighted by molar-refractivity contribution is -0.189. The topological polar surface area (TPSA) is 218 Å². The lowest BCUT2D eigenvalue weighted by atomic mass is 9.67. The van der Waals surface area contributed by atoms with Crippen molar-refractivity contribution < 1.29 is 72.5 Å². The van der Waals surface area contributed by atoms with Gasteiger partial charge in [-0.2, -0.15) is 0 Å². The number of aromatic carboxylic acids is 1. The number of ether oxygens (including phenoxy) is 6. The third kappa shape index (κ3) is 9.94. The van der Waals surface area contributed by atoms with Crippen molar-refractivity contribution in [1.29, 1.82) is 0 Å². The van der Waals surface area contributed by atoms with Gasteiger partial charge >= 0.3 is 41.2 Å². The first-order valence-corrected chi connectivity index (χ1v) is 27.3. The highest BCUT2D eigenvalue weighted by atomic mass is 16.6. The highest BCUT2D eigenvalue weighted by Crippen LogP contribution is 2.58. The predicted molar refractivity (Wildman–Crippen MR) is 312 cm³/mol. The van der Waals surface area contributed by atoms with Gasteiger partial charge in [-0.3, -0.25) is 0 Å². The maximum Gasteiger partial charge on any atom is 0.355 e. The molecule has 0 atom stereocenters. The van der Waals surface area contributed by atoms with Crippen LogP contribution in [0.3, 0.4) is 0 Å². The first-order valence-electron chi connectivity index (χ1n) is 27.3. The first kappa shape index (κ1) is 56.1. The van der Waals surface area contributed by atoms with E-state index in [9.17, 15) is 44.1 Å². The molecular weight excluding hydrogens is 1080 g/mol. The zero-order valence-corrected chi connectivity index (χ0v) is 45.8. The lowest BCUT2D eigenvalue weighted by Gasteiger charge is -2.34. The number of aliphatic carboxylic acids is 2. The molecule has 15 nitrogen and oxygen atoms in total. The fraction of sp³-hybridized carbons (Fsp3) is 0.143. The van der Waals surface area contributed by atoms with E-state index in [-0.39, 0.29) is 37.6 Å². The lowest BCUT2D eigenvalue weighted by Crippen LogP contribution is -2.54. The Hall–Kier alpha value is -10.8. The number of carbonyl (C=O) groups is 6. The van der Waals surface area contributed by atoms with Crippen LogP contribution in [0.1, 0.15) is 70.8 Å². The second kappa shape index (κ2) is 23.6. The molecule has 0 amide bonds. The number of hydrogen-bond donors (Lipinski definition) is 3. The van der Waals surface area contributed by atoms with Crippen LogP contribution in [0.5, 0.6) is 17.2 Å². The van der Waals surface area contributed by atoms with Crippen LogP contribution in [0.25, 0.3) is 22.3 Å². The van der Waals surface area contributed by atoms with E-state index in [2.05, 4.69) is 72.8 Å². The largest absolute Gasteiger partial charge is 0.490 e. The molecule has 9 aromatic carbocycles. The molecule has 424 valence electrons. The van der Waals surface area contributed by atoms with Gasteiger partial charge in [0.25, 0.3) is 0 Å². The summed E-state index contributed by atoms with van der Waals surface area (Å²) in [6, 6.07) is 69.3. The summed E-state index contributed by atoms with van der Waals surface area (Å²) in [6.07, 6.45) is 0. The number of hydrogen-bond acceptors (Lipinski definition) is 12. The van der Waals surface area contributed by atoms with E-state index in [4.69, 9.17) is 28.4 Å². The zero-order chi connectivity index (χ0) is 59.3. The Morgan fingerprint density at radius 1 is 0.353 bits per heavy atom. The average molecular weight is 1140 g/mol. The number of fused-ring (bicyclic) bond motifs is 6.